The molecule has 5 heteroatoms. The van der Waals surface area contributed by atoms with E-state index < -0.39 is 0 Å². The summed E-state index contributed by atoms with van der Waals surface area (Å²) in [4.78, 5) is 13.1. The van der Waals surface area contributed by atoms with Crippen molar-refractivity contribution < 1.29 is 4.79 Å². The highest BCUT2D eigenvalue weighted by Gasteiger charge is 2.17. The standard InChI is InChI=1S/C13H17N3OS/c17-12-10-16(9-8-14-12)13(18)15-7-6-11-4-2-1-3-5-11/h1-5H,6-10H2,(H,14,17)(H,15,18). The quantitative estimate of drug-likeness (QED) is 0.781. The lowest BCUT2D eigenvalue weighted by molar-refractivity contribution is -0.122. The monoisotopic (exact) mass is 263 g/mol. The summed E-state index contributed by atoms with van der Waals surface area (Å²) in [7, 11) is 0. The largest absolute Gasteiger partial charge is 0.362 e. The SMILES string of the molecule is O=C1CN(C(=S)NCCc2ccccc2)CCN1. The third-order valence-electron chi connectivity index (χ3n) is 2.86. The van der Waals surface area contributed by atoms with Crippen molar-refractivity contribution in [2.24, 2.45) is 0 Å². The summed E-state index contributed by atoms with van der Waals surface area (Å²) in [6, 6.07) is 10.3. The van der Waals surface area contributed by atoms with Gasteiger partial charge >= 0.3 is 0 Å². The third kappa shape index (κ3) is 3.70. The molecule has 1 aromatic carbocycles. The summed E-state index contributed by atoms with van der Waals surface area (Å²) in [6.45, 7) is 2.60. The average molecular weight is 263 g/mol. The Hall–Kier alpha value is -1.62. The number of carbonyl (C=O) groups is 1. The van der Waals surface area contributed by atoms with E-state index in [1.165, 1.54) is 5.56 Å². The number of nitrogens with one attached hydrogen (secondary N) is 2. The first-order valence-electron chi connectivity index (χ1n) is 6.09. The van der Waals surface area contributed by atoms with Crippen molar-refractivity contribution in [3.05, 3.63) is 35.9 Å². The van der Waals surface area contributed by atoms with E-state index in [2.05, 4.69) is 22.8 Å². The molecule has 0 aliphatic carbocycles. The molecule has 0 spiro atoms. The molecule has 1 heterocycles. The van der Waals surface area contributed by atoms with Crippen LogP contribution in [-0.2, 0) is 11.2 Å². The van der Waals surface area contributed by atoms with Crippen LogP contribution < -0.4 is 10.6 Å². The number of hydrogen-bond donors (Lipinski definition) is 2. The minimum Gasteiger partial charge on any atom is -0.362 e. The number of benzene rings is 1. The average Bonchev–Trinajstić information content (AvgIpc) is 2.40. The van der Waals surface area contributed by atoms with Gasteiger partial charge in [0.2, 0.25) is 5.91 Å². The molecule has 1 fully saturated rings. The number of rotatable bonds is 3. The fourth-order valence-corrected chi connectivity index (χ4v) is 2.14. The predicted octanol–water partition coefficient (Wildman–Crippen LogP) is 0.535. The summed E-state index contributed by atoms with van der Waals surface area (Å²) in [5.74, 6) is 0.0356. The van der Waals surface area contributed by atoms with Gasteiger partial charge in [-0.05, 0) is 24.2 Å². The van der Waals surface area contributed by atoms with Gasteiger partial charge < -0.3 is 15.5 Å². The van der Waals surface area contributed by atoms with Crippen LogP contribution in [0, 0.1) is 0 Å². The zero-order valence-corrected chi connectivity index (χ0v) is 11.0. The van der Waals surface area contributed by atoms with E-state index in [-0.39, 0.29) is 5.91 Å². The van der Waals surface area contributed by atoms with Crippen LogP contribution in [0.3, 0.4) is 0 Å². The molecule has 0 bridgehead atoms. The molecule has 4 nitrogen and oxygen atoms in total. The van der Waals surface area contributed by atoms with Crippen LogP contribution in [0.2, 0.25) is 0 Å². The second-order valence-corrected chi connectivity index (χ2v) is 4.63. The highest BCUT2D eigenvalue weighted by atomic mass is 32.1. The molecule has 0 saturated carbocycles. The van der Waals surface area contributed by atoms with Gasteiger partial charge in [0, 0.05) is 19.6 Å². The molecule has 0 aromatic heterocycles. The van der Waals surface area contributed by atoms with Gasteiger partial charge in [0.25, 0.3) is 0 Å². The summed E-state index contributed by atoms with van der Waals surface area (Å²) in [5.41, 5.74) is 1.28. The molecular formula is C13H17N3OS. The van der Waals surface area contributed by atoms with Crippen molar-refractivity contribution in [1.82, 2.24) is 15.5 Å². The molecule has 2 rings (SSSR count). The van der Waals surface area contributed by atoms with Crippen LogP contribution in [0.25, 0.3) is 0 Å². The van der Waals surface area contributed by atoms with Gasteiger partial charge in [-0.15, -0.1) is 0 Å². The molecular weight excluding hydrogens is 246 g/mol. The van der Waals surface area contributed by atoms with E-state index >= 15 is 0 Å². The van der Waals surface area contributed by atoms with Gasteiger partial charge in [-0.25, -0.2) is 0 Å². The minimum atomic E-state index is 0.0356. The van der Waals surface area contributed by atoms with Crippen molar-refractivity contribution in [3.8, 4) is 0 Å². The molecule has 0 atom stereocenters. The molecule has 1 amide bonds. The van der Waals surface area contributed by atoms with Gasteiger partial charge in [0.15, 0.2) is 5.11 Å². The van der Waals surface area contributed by atoms with E-state index in [4.69, 9.17) is 12.2 Å². The maximum Gasteiger partial charge on any atom is 0.239 e. The third-order valence-corrected chi connectivity index (χ3v) is 3.26. The van der Waals surface area contributed by atoms with Crippen LogP contribution >= 0.6 is 12.2 Å². The van der Waals surface area contributed by atoms with Crippen molar-refractivity contribution >= 4 is 23.2 Å². The Morgan fingerprint density at radius 1 is 1.39 bits per heavy atom. The van der Waals surface area contributed by atoms with Crippen LogP contribution in [0.15, 0.2) is 30.3 Å². The lowest BCUT2D eigenvalue weighted by Crippen LogP contribution is -2.53. The smallest absolute Gasteiger partial charge is 0.239 e. The highest BCUT2D eigenvalue weighted by Crippen LogP contribution is 1.99. The van der Waals surface area contributed by atoms with Crippen molar-refractivity contribution in [2.75, 3.05) is 26.2 Å². The first-order valence-corrected chi connectivity index (χ1v) is 6.50. The van der Waals surface area contributed by atoms with Crippen molar-refractivity contribution in [3.63, 3.8) is 0 Å². The Balaban J connectivity index is 1.73. The summed E-state index contributed by atoms with van der Waals surface area (Å²) in [5, 5.41) is 6.65. The summed E-state index contributed by atoms with van der Waals surface area (Å²) in [6.07, 6.45) is 0.932. The number of nitrogens with zero attached hydrogens (tertiary/aromatic N) is 1. The van der Waals surface area contributed by atoms with E-state index in [0.29, 0.717) is 18.2 Å². The minimum absolute atomic E-state index is 0.0356. The molecule has 0 radical (unpaired) electrons. The number of thiocarbonyl (C=S) groups is 1. The fourth-order valence-electron chi connectivity index (χ4n) is 1.88. The Kier molecular flexibility index (Phi) is 4.52. The fraction of sp³-hybridized carbons (Fsp3) is 0.385. The van der Waals surface area contributed by atoms with Crippen LogP contribution in [0.5, 0.6) is 0 Å². The zero-order chi connectivity index (χ0) is 12.8. The summed E-state index contributed by atoms with van der Waals surface area (Å²) >= 11 is 5.28. The van der Waals surface area contributed by atoms with Crippen molar-refractivity contribution in [1.29, 1.82) is 0 Å². The lowest BCUT2D eigenvalue weighted by atomic mass is 10.1. The maximum atomic E-state index is 11.2. The molecule has 1 aliphatic heterocycles. The van der Waals surface area contributed by atoms with E-state index in [1.54, 1.807) is 0 Å². The molecule has 96 valence electrons. The predicted molar refractivity (Wildman–Crippen MR) is 75.3 cm³/mol. The Morgan fingerprint density at radius 2 is 2.17 bits per heavy atom. The molecule has 1 saturated heterocycles. The number of amides is 1. The van der Waals surface area contributed by atoms with Crippen LogP contribution in [0.1, 0.15) is 5.56 Å². The Labute approximate surface area is 112 Å². The zero-order valence-electron chi connectivity index (χ0n) is 10.2. The second kappa shape index (κ2) is 6.35. The van der Waals surface area contributed by atoms with Gasteiger partial charge in [-0.2, -0.15) is 0 Å². The van der Waals surface area contributed by atoms with Crippen LogP contribution in [0.4, 0.5) is 0 Å². The van der Waals surface area contributed by atoms with E-state index in [9.17, 15) is 4.79 Å². The summed E-state index contributed by atoms with van der Waals surface area (Å²) < 4.78 is 0. The maximum absolute atomic E-state index is 11.2. The first kappa shape index (κ1) is 12.8. The molecule has 2 N–H and O–H groups in total. The number of piperazine rings is 1. The number of hydrogen-bond acceptors (Lipinski definition) is 2. The van der Waals surface area contributed by atoms with Gasteiger partial charge in [-0.3, -0.25) is 4.79 Å². The van der Waals surface area contributed by atoms with Gasteiger partial charge in [-0.1, -0.05) is 30.3 Å². The van der Waals surface area contributed by atoms with Gasteiger partial charge in [0.1, 0.15) is 0 Å². The van der Waals surface area contributed by atoms with Crippen LogP contribution in [-0.4, -0.2) is 42.1 Å². The molecule has 1 aromatic rings. The Morgan fingerprint density at radius 3 is 2.89 bits per heavy atom. The molecule has 0 unspecified atom stereocenters. The normalized spacial score (nSPS) is 15.1. The first-order chi connectivity index (χ1) is 8.75. The highest BCUT2D eigenvalue weighted by molar-refractivity contribution is 7.80. The topological polar surface area (TPSA) is 44.4 Å². The van der Waals surface area contributed by atoms with Crippen molar-refractivity contribution in [2.45, 2.75) is 6.42 Å². The molecule has 1 aliphatic rings. The van der Waals surface area contributed by atoms with E-state index in [1.807, 2.05) is 23.1 Å². The molecule has 18 heavy (non-hydrogen) atoms. The lowest BCUT2D eigenvalue weighted by Gasteiger charge is -2.29. The number of carbonyl (C=O) groups excluding carboxylic acids is 1. The second-order valence-electron chi connectivity index (χ2n) is 4.24. The van der Waals surface area contributed by atoms with Gasteiger partial charge in [0.05, 0.1) is 6.54 Å². The Bertz CT molecular complexity index is 422. The van der Waals surface area contributed by atoms with E-state index in [0.717, 1.165) is 19.5 Å².